The van der Waals surface area contributed by atoms with Gasteiger partial charge < -0.3 is 9.30 Å². The van der Waals surface area contributed by atoms with Gasteiger partial charge in [0.05, 0.1) is 22.8 Å². The minimum absolute atomic E-state index is 0.0192. The van der Waals surface area contributed by atoms with Gasteiger partial charge in [-0.15, -0.1) is 0 Å². The first kappa shape index (κ1) is 22.0. The van der Waals surface area contributed by atoms with Crippen molar-refractivity contribution in [3.63, 3.8) is 0 Å². The number of ether oxygens (including phenoxy) is 1. The fourth-order valence-corrected chi connectivity index (χ4v) is 4.08. The molecule has 1 saturated heterocycles. The zero-order valence-electron chi connectivity index (χ0n) is 16.6. The predicted molar refractivity (Wildman–Crippen MR) is 127 cm³/mol. The minimum atomic E-state index is -0.646. The second kappa shape index (κ2) is 8.74. The fourth-order valence-electron chi connectivity index (χ4n) is 3.42. The molecule has 162 valence electrons. The van der Waals surface area contributed by atoms with Crippen molar-refractivity contribution in [2.45, 2.75) is 6.54 Å². The van der Waals surface area contributed by atoms with E-state index in [-0.39, 0.29) is 33.0 Å². The lowest BCUT2D eigenvalue weighted by atomic mass is 10.1. The first-order valence-corrected chi connectivity index (χ1v) is 10.5. The van der Waals surface area contributed by atoms with Crippen molar-refractivity contribution in [1.82, 2.24) is 9.88 Å². The molecule has 0 atom stereocenters. The number of halogens is 2. The number of anilines is 1. The standard InChI is InChI=1S/C22H15Cl2N3O4S/c1-31-18(28)11-26-10-12(13-5-2-3-7-16(13)26)9-14-20(29)25-22(32)27(21(14)30)17-8-4-6-15(23)19(17)24/h2-10H,11H2,1H3,(H,25,29,32)/b14-9-. The number of para-hydroxylation sites is 1. The maximum Gasteiger partial charge on any atom is 0.325 e. The summed E-state index contributed by atoms with van der Waals surface area (Å²) in [6.07, 6.45) is 3.14. The van der Waals surface area contributed by atoms with Gasteiger partial charge in [0.1, 0.15) is 12.1 Å². The van der Waals surface area contributed by atoms with E-state index in [1.165, 1.54) is 13.2 Å². The van der Waals surface area contributed by atoms with Gasteiger partial charge in [0.2, 0.25) is 0 Å². The van der Waals surface area contributed by atoms with E-state index in [2.05, 4.69) is 5.32 Å². The van der Waals surface area contributed by atoms with Crippen LogP contribution in [0.4, 0.5) is 5.69 Å². The van der Waals surface area contributed by atoms with Crippen molar-refractivity contribution in [2.75, 3.05) is 12.0 Å². The summed E-state index contributed by atoms with van der Waals surface area (Å²) in [4.78, 5) is 38.9. The number of thiocarbonyl (C=S) groups is 1. The molecule has 0 spiro atoms. The molecule has 1 N–H and O–H groups in total. The summed E-state index contributed by atoms with van der Waals surface area (Å²) in [5.41, 5.74) is 1.44. The Bertz CT molecular complexity index is 1330. The van der Waals surface area contributed by atoms with Gasteiger partial charge in [-0.25, -0.2) is 0 Å². The van der Waals surface area contributed by atoms with Crippen LogP contribution in [0.2, 0.25) is 10.0 Å². The van der Waals surface area contributed by atoms with Gasteiger partial charge in [0, 0.05) is 22.7 Å². The average molecular weight is 488 g/mol. The minimum Gasteiger partial charge on any atom is -0.468 e. The van der Waals surface area contributed by atoms with Gasteiger partial charge >= 0.3 is 5.97 Å². The van der Waals surface area contributed by atoms with Crippen LogP contribution in [0.5, 0.6) is 0 Å². The summed E-state index contributed by atoms with van der Waals surface area (Å²) in [6.45, 7) is -0.0192. The normalized spacial score (nSPS) is 15.4. The molecule has 1 aliphatic rings. The van der Waals surface area contributed by atoms with E-state index in [0.717, 1.165) is 15.8 Å². The number of hydrogen-bond donors (Lipinski definition) is 1. The number of nitrogens with zero attached hydrogens (tertiary/aromatic N) is 2. The Morgan fingerprint density at radius 2 is 1.91 bits per heavy atom. The Morgan fingerprint density at radius 1 is 1.16 bits per heavy atom. The zero-order valence-corrected chi connectivity index (χ0v) is 18.9. The maximum atomic E-state index is 13.3. The molecule has 3 aromatic rings. The largest absolute Gasteiger partial charge is 0.468 e. The van der Waals surface area contributed by atoms with Crippen molar-refractivity contribution < 1.29 is 19.1 Å². The monoisotopic (exact) mass is 487 g/mol. The molecule has 1 fully saturated rings. The zero-order chi connectivity index (χ0) is 23.0. The van der Waals surface area contributed by atoms with Crippen molar-refractivity contribution in [3.05, 3.63) is 69.8 Å². The van der Waals surface area contributed by atoms with Crippen LogP contribution in [0.3, 0.4) is 0 Å². The van der Waals surface area contributed by atoms with Gasteiger partial charge in [0.25, 0.3) is 11.8 Å². The van der Waals surface area contributed by atoms with E-state index in [9.17, 15) is 14.4 Å². The number of methoxy groups -OCH3 is 1. The number of hydrogen-bond acceptors (Lipinski definition) is 5. The summed E-state index contributed by atoms with van der Waals surface area (Å²) in [5, 5.41) is 3.55. The molecule has 0 aliphatic carbocycles. The van der Waals surface area contributed by atoms with Crippen LogP contribution in [-0.2, 0) is 25.7 Å². The summed E-state index contributed by atoms with van der Waals surface area (Å²) in [5.74, 6) is -1.71. The highest BCUT2D eigenvalue weighted by Crippen LogP contribution is 2.34. The number of aromatic nitrogens is 1. The number of rotatable bonds is 4. The van der Waals surface area contributed by atoms with Crippen LogP contribution in [0.15, 0.2) is 54.2 Å². The van der Waals surface area contributed by atoms with E-state index in [1.54, 1.807) is 29.0 Å². The lowest BCUT2D eigenvalue weighted by Crippen LogP contribution is -2.54. The molecular weight excluding hydrogens is 473 g/mol. The average Bonchev–Trinajstić information content (AvgIpc) is 3.11. The molecule has 2 heterocycles. The third-order valence-electron chi connectivity index (χ3n) is 4.92. The van der Waals surface area contributed by atoms with Crippen molar-refractivity contribution in [1.29, 1.82) is 0 Å². The SMILES string of the molecule is COC(=O)Cn1cc(/C=C2/C(=O)NC(=S)N(c3cccc(Cl)c3Cl)C2=O)c2ccccc21. The first-order valence-electron chi connectivity index (χ1n) is 9.32. The summed E-state index contributed by atoms with van der Waals surface area (Å²) >= 11 is 17.6. The molecule has 32 heavy (non-hydrogen) atoms. The topological polar surface area (TPSA) is 80.6 Å². The van der Waals surface area contributed by atoms with Crippen LogP contribution in [0, 0.1) is 0 Å². The molecule has 2 amide bonds. The molecule has 0 radical (unpaired) electrons. The van der Waals surface area contributed by atoms with E-state index in [1.807, 2.05) is 24.3 Å². The highest BCUT2D eigenvalue weighted by molar-refractivity contribution is 7.80. The molecule has 10 heteroatoms. The third-order valence-corrected chi connectivity index (χ3v) is 6.01. The molecular formula is C22H15Cl2N3O4S. The van der Waals surface area contributed by atoms with Crippen LogP contribution in [0.1, 0.15) is 5.56 Å². The number of benzene rings is 2. The summed E-state index contributed by atoms with van der Waals surface area (Å²) in [6, 6.07) is 12.1. The Hall–Kier alpha value is -3.20. The quantitative estimate of drug-likeness (QED) is 0.260. The Kier molecular flexibility index (Phi) is 6.01. The number of esters is 1. The van der Waals surface area contributed by atoms with Crippen LogP contribution < -0.4 is 10.2 Å². The first-order chi connectivity index (χ1) is 15.3. The predicted octanol–water partition coefficient (Wildman–Crippen LogP) is 3.95. The molecule has 7 nitrogen and oxygen atoms in total. The number of fused-ring (bicyclic) bond motifs is 1. The second-order valence-electron chi connectivity index (χ2n) is 6.84. The van der Waals surface area contributed by atoms with Gasteiger partial charge in [-0.3, -0.25) is 24.6 Å². The van der Waals surface area contributed by atoms with Gasteiger partial charge in [0.15, 0.2) is 5.11 Å². The molecule has 4 rings (SSSR count). The Morgan fingerprint density at radius 3 is 2.66 bits per heavy atom. The van der Waals surface area contributed by atoms with Gasteiger partial charge in [-0.05, 0) is 36.5 Å². The number of nitrogens with one attached hydrogen (secondary N) is 1. The molecule has 0 bridgehead atoms. The Labute approximate surface area is 198 Å². The number of carbonyl (C=O) groups is 3. The lowest BCUT2D eigenvalue weighted by Gasteiger charge is -2.29. The van der Waals surface area contributed by atoms with E-state index < -0.39 is 17.8 Å². The maximum absolute atomic E-state index is 13.3. The van der Waals surface area contributed by atoms with E-state index in [0.29, 0.717) is 5.56 Å². The fraction of sp³-hybridized carbons (Fsp3) is 0.0909. The number of carbonyl (C=O) groups excluding carboxylic acids is 3. The van der Waals surface area contributed by atoms with Crippen LogP contribution in [-0.4, -0.2) is 34.6 Å². The summed E-state index contributed by atoms with van der Waals surface area (Å²) < 4.78 is 6.44. The smallest absolute Gasteiger partial charge is 0.325 e. The summed E-state index contributed by atoms with van der Waals surface area (Å²) in [7, 11) is 1.31. The van der Waals surface area contributed by atoms with Gasteiger partial charge in [-0.1, -0.05) is 47.5 Å². The van der Waals surface area contributed by atoms with Crippen molar-refractivity contribution >= 4 is 81.0 Å². The lowest BCUT2D eigenvalue weighted by molar-refractivity contribution is -0.141. The van der Waals surface area contributed by atoms with E-state index in [4.69, 9.17) is 40.2 Å². The molecule has 2 aromatic carbocycles. The third kappa shape index (κ3) is 3.88. The second-order valence-corrected chi connectivity index (χ2v) is 8.01. The highest BCUT2D eigenvalue weighted by atomic mass is 35.5. The van der Waals surface area contributed by atoms with Gasteiger partial charge in [-0.2, -0.15) is 0 Å². The number of amides is 2. The molecule has 1 aromatic heterocycles. The van der Waals surface area contributed by atoms with E-state index >= 15 is 0 Å². The Balaban J connectivity index is 1.81. The molecule has 0 saturated carbocycles. The van der Waals surface area contributed by atoms with Crippen molar-refractivity contribution in [3.8, 4) is 0 Å². The van der Waals surface area contributed by atoms with Crippen molar-refractivity contribution in [2.24, 2.45) is 0 Å². The molecule has 1 aliphatic heterocycles. The molecule has 0 unspecified atom stereocenters. The van der Waals surface area contributed by atoms with Crippen LogP contribution >= 0.6 is 35.4 Å². The highest BCUT2D eigenvalue weighted by Gasteiger charge is 2.36. The van der Waals surface area contributed by atoms with Crippen LogP contribution in [0.25, 0.3) is 17.0 Å².